The number of fused-ring (bicyclic) bond motifs is 2. The first-order valence-corrected chi connectivity index (χ1v) is 7.99. The molecule has 6 heteroatoms. The molecule has 5 nitrogen and oxygen atoms in total. The molecule has 18 heavy (non-hydrogen) atoms. The zero-order valence-electron chi connectivity index (χ0n) is 10.2. The number of hydrogen-bond donors (Lipinski definition) is 0. The van der Waals surface area contributed by atoms with E-state index >= 15 is 0 Å². The van der Waals surface area contributed by atoms with Crippen molar-refractivity contribution in [1.82, 2.24) is 0 Å². The van der Waals surface area contributed by atoms with Crippen LogP contribution in [0, 0.1) is 0 Å². The second-order valence-corrected chi connectivity index (χ2v) is 6.60. The second kappa shape index (κ2) is 4.50. The van der Waals surface area contributed by atoms with Crippen molar-refractivity contribution in [2.24, 2.45) is 0 Å². The highest BCUT2D eigenvalue weighted by atomic mass is 31.1. The van der Waals surface area contributed by atoms with Gasteiger partial charge < -0.3 is 9.47 Å². The third-order valence-electron chi connectivity index (χ3n) is 4.38. The van der Waals surface area contributed by atoms with E-state index in [0.717, 1.165) is 38.5 Å². The maximum Gasteiger partial charge on any atom is 0.697 e. The van der Waals surface area contributed by atoms with Crippen LogP contribution in [0.4, 0.5) is 0 Å². The third kappa shape index (κ3) is 2.47. The van der Waals surface area contributed by atoms with Gasteiger partial charge >= 0.3 is 8.25 Å². The Bertz CT molecular complexity index is 330. The van der Waals surface area contributed by atoms with Gasteiger partial charge in [0.2, 0.25) is 0 Å². The van der Waals surface area contributed by atoms with Crippen LogP contribution in [-0.4, -0.2) is 36.6 Å². The minimum Gasteiger partial charge on any atom is -0.369 e. The number of epoxide rings is 2. The summed E-state index contributed by atoms with van der Waals surface area (Å²) in [5, 5.41) is 0. The van der Waals surface area contributed by atoms with Crippen molar-refractivity contribution in [3.63, 3.8) is 0 Å². The molecular formula is C12H18O5P+. The molecule has 0 N–H and O–H groups in total. The van der Waals surface area contributed by atoms with Crippen molar-refractivity contribution in [2.45, 2.75) is 75.1 Å². The average Bonchev–Trinajstić information content (AvgIpc) is 3.22. The first kappa shape index (κ1) is 11.7. The van der Waals surface area contributed by atoms with E-state index in [9.17, 15) is 4.57 Å². The van der Waals surface area contributed by atoms with Crippen molar-refractivity contribution in [1.29, 1.82) is 0 Å². The van der Waals surface area contributed by atoms with E-state index in [4.69, 9.17) is 18.5 Å². The molecule has 6 unspecified atom stereocenters. The van der Waals surface area contributed by atoms with Gasteiger partial charge in [-0.3, -0.25) is 0 Å². The molecule has 0 amide bonds. The Morgan fingerprint density at radius 2 is 1.28 bits per heavy atom. The van der Waals surface area contributed by atoms with Crippen LogP contribution in [0.25, 0.3) is 0 Å². The van der Waals surface area contributed by atoms with E-state index in [2.05, 4.69) is 0 Å². The number of rotatable bonds is 4. The molecule has 0 aromatic carbocycles. The summed E-state index contributed by atoms with van der Waals surface area (Å²) >= 11 is 0. The van der Waals surface area contributed by atoms with Crippen LogP contribution >= 0.6 is 8.25 Å². The average molecular weight is 273 g/mol. The summed E-state index contributed by atoms with van der Waals surface area (Å²) in [6.45, 7) is 0. The first-order chi connectivity index (χ1) is 8.78. The topological polar surface area (TPSA) is 60.6 Å². The molecule has 2 saturated carbocycles. The van der Waals surface area contributed by atoms with E-state index in [0.29, 0.717) is 24.4 Å². The van der Waals surface area contributed by atoms with Crippen molar-refractivity contribution in [3.8, 4) is 0 Å². The van der Waals surface area contributed by atoms with Crippen LogP contribution < -0.4 is 0 Å². The lowest BCUT2D eigenvalue weighted by molar-refractivity contribution is 0.0996. The standard InChI is InChI=1S/C12H18O5P/c13-18(16-7-1-3-9-11(5-7)14-9)17-8-2-4-10-12(6-8)15-10/h7-12H,1-6H2/q+1. The quantitative estimate of drug-likeness (QED) is 0.581. The SMILES string of the molecule is O=[P+](OC1CCC2OC2C1)OC1CCC2OC2C1. The Hall–Kier alpha value is -0.0600. The highest BCUT2D eigenvalue weighted by Crippen LogP contribution is 2.44. The molecule has 2 heterocycles. The van der Waals surface area contributed by atoms with E-state index in [1.165, 1.54) is 0 Å². The maximum absolute atomic E-state index is 11.8. The molecule has 100 valence electrons. The van der Waals surface area contributed by atoms with Crippen molar-refractivity contribution >= 4 is 8.25 Å². The Labute approximate surface area is 107 Å². The Morgan fingerprint density at radius 3 is 1.72 bits per heavy atom. The predicted molar refractivity (Wildman–Crippen MR) is 62.4 cm³/mol. The van der Waals surface area contributed by atoms with Gasteiger partial charge in [-0.1, -0.05) is 0 Å². The molecule has 0 spiro atoms. The first-order valence-electron chi connectivity index (χ1n) is 6.89. The zero-order valence-corrected chi connectivity index (χ0v) is 11.1. The maximum atomic E-state index is 11.8. The van der Waals surface area contributed by atoms with Crippen LogP contribution in [0.2, 0.25) is 0 Å². The highest BCUT2D eigenvalue weighted by molar-refractivity contribution is 7.33. The summed E-state index contributed by atoms with van der Waals surface area (Å²) in [4.78, 5) is 0. The summed E-state index contributed by atoms with van der Waals surface area (Å²) in [6.07, 6.45) is 7.35. The second-order valence-electron chi connectivity index (χ2n) is 5.73. The highest BCUT2D eigenvalue weighted by Gasteiger charge is 2.49. The van der Waals surface area contributed by atoms with Gasteiger partial charge in [0.05, 0.1) is 24.4 Å². The van der Waals surface area contributed by atoms with Crippen LogP contribution in [0.5, 0.6) is 0 Å². The fraction of sp³-hybridized carbons (Fsp3) is 1.00. The lowest BCUT2D eigenvalue weighted by Crippen LogP contribution is -2.22. The summed E-state index contributed by atoms with van der Waals surface area (Å²) in [7, 11) is -1.99. The van der Waals surface area contributed by atoms with Gasteiger partial charge in [-0.2, -0.15) is 0 Å². The van der Waals surface area contributed by atoms with Crippen LogP contribution in [0.15, 0.2) is 0 Å². The van der Waals surface area contributed by atoms with E-state index in [1.807, 2.05) is 0 Å². The summed E-state index contributed by atoms with van der Waals surface area (Å²) in [6, 6.07) is 0. The monoisotopic (exact) mass is 273 g/mol. The van der Waals surface area contributed by atoms with E-state index < -0.39 is 8.25 Å². The molecular weight excluding hydrogens is 255 g/mol. The van der Waals surface area contributed by atoms with E-state index in [-0.39, 0.29) is 12.2 Å². The molecule has 0 bridgehead atoms. The fourth-order valence-electron chi connectivity index (χ4n) is 3.19. The van der Waals surface area contributed by atoms with Crippen LogP contribution in [0.1, 0.15) is 38.5 Å². The van der Waals surface area contributed by atoms with Crippen LogP contribution in [0.3, 0.4) is 0 Å². The fourth-order valence-corrected chi connectivity index (χ4v) is 4.11. The minimum absolute atomic E-state index is 0.0471. The Morgan fingerprint density at radius 1 is 0.778 bits per heavy atom. The van der Waals surface area contributed by atoms with Crippen LogP contribution in [-0.2, 0) is 23.1 Å². The lowest BCUT2D eigenvalue weighted by atomic mass is 9.98. The molecule has 4 aliphatic rings. The smallest absolute Gasteiger partial charge is 0.369 e. The molecule has 2 aliphatic carbocycles. The van der Waals surface area contributed by atoms with Gasteiger partial charge in [0.15, 0.2) is 0 Å². The number of hydrogen-bond acceptors (Lipinski definition) is 5. The third-order valence-corrected chi connectivity index (χ3v) is 5.32. The van der Waals surface area contributed by atoms with Gasteiger partial charge in [0.25, 0.3) is 0 Å². The Kier molecular flexibility index (Phi) is 2.93. The molecule has 2 aliphatic heterocycles. The van der Waals surface area contributed by atoms with Gasteiger partial charge in [0.1, 0.15) is 12.2 Å². The molecule has 6 atom stereocenters. The summed E-state index contributed by atoms with van der Waals surface area (Å²) in [5.41, 5.74) is 0. The minimum atomic E-state index is -1.99. The van der Waals surface area contributed by atoms with Crippen molar-refractivity contribution in [3.05, 3.63) is 0 Å². The molecule has 0 aromatic heterocycles. The summed E-state index contributed by atoms with van der Waals surface area (Å²) < 4.78 is 33.7. The molecule has 0 radical (unpaired) electrons. The van der Waals surface area contributed by atoms with Gasteiger partial charge in [-0.25, -0.2) is 0 Å². The van der Waals surface area contributed by atoms with Gasteiger partial charge in [-0.15, -0.1) is 9.05 Å². The number of ether oxygens (including phenoxy) is 2. The van der Waals surface area contributed by atoms with Gasteiger partial charge in [0, 0.05) is 17.4 Å². The predicted octanol–water partition coefficient (Wildman–Crippen LogP) is 2.32. The molecule has 4 fully saturated rings. The van der Waals surface area contributed by atoms with Gasteiger partial charge in [-0.05, 0) is 25.7 Å². The lowest BCUT2D eigenvalue weighted by Gasteiger charge is -2.14. The van der Waals surface area contributed by atoms with E-state index in [1.54, 1.807) is 0 Å². The normalized spacial score (nSPS) is 50.1. The zero-order chi connectivity index (χ0) is 12.1. The largest absolute Gasteiger partial charge is 0.697 e. The van der Waals surface area contributed by atoms with Crippen molar-refractivity contribution in [2.75, 3.05) is 0 Å². The molecule has 2 saturated heterocycles. The van der Waals surface area contributed by atoms with Crippen molar-refractivity contribution < 1.29 is 23.1 Å². The molecule has 4 rings (SSSR count). The summed E-state index contributed by atoms with van der Waals surface area (Å²) in [5.74, 6) is 0. The molecule has 0 aromatic rings. The Balaban J connectivity index is 1.23.